The van der Waals surface area contributed by atoms with Crippen molar-refractivity contribution in [3.8, 4) is 0 Å². The van der Waals surface area contributed by atoms with Crippen LogP contribution in [0.1, 0.15) is 13.8 Å². The Hall–Kier alpha value is -0.330. The summed E-state index contributed by atoms with van der Waals surface area (Å²) in [5.74, 6) is 0. The zero-order chi connectivity index (χ0) is 4.12. The van der Waals surface area contributed by atoms with E-state index in [-0.39, 0.29) is 0 Å². The molecule has 0 unspecified atom stereocenters. The standard InChI is InChI=1S/C4H9N/c1-3-5-4-2/h3H,4H2,1-2H3. The largest absolute Gasteiger partial charge is 0.298 e. The van der Waals surface area contributed by atoms with Crippen molar-refractivity contribution in [2.24, 2.45) is 4.99 Å². The molecule has 5 heavy (non-hydrogen) atoms. The molecule has 1 heteroatoms. The lowest BCUT2D eigenvalue weighted by atomic mass is 10.8. The summed E-state index contributed by atoms with van der Waals surface area (Å²) in [5.41, 5.74) is 0. The predicted octanol–water partition coefficient (Wildman–Crippen LogP) is 1.10. The zero-order valence-corrected chi connectivity index (χ0v) is 3.73. The van der Waals surface area contributed by atoms with E-state index in [0.29, 0.717) is 0 Å². The normalized spacial score (nSPS) is 10.0. The fourth-order valence-corrected chi connectivity index (χ4v) is 0.183. The highest BCUT2D eigenvalue weighted by Crippen LogP contribution is 1.57. The number of nitrogens with zero attached hydrogens (tertiary/aromatic N) is 1. The lowest BCUT2D eigenvalue weighted by Gasteiger charge is -1.68. The Bertz CT molecular complexity index is 30.6. The molecule has 0 aliphatic carbocycles. The van der Waals surface area contributed by atoms with Gasteiger partial charge in [0.2, 0.25) is 0 Å². The molecule has 0 aromatic carbocycles. The molecule has 0 radical (unpaired) electrons. The topological polar surface area (TPSA) is 12.4 Å². The Balaban J connectivity index is 2.62. The van der Waals surface area contributed by atoms with E-state index in [4.69, 9.17) is 0 Å². The smallest absolute Gasteiger partial charge is 0.0356 e. The van der Waals surface area contributed by atoms with Gasteiger partial charge in [0.1, 0.15) is 0 Å². The van der Waals surface area contributed by atoms with Gasteiger partial charge in [-0.2, -0.15) is 0 Å². The highest BCUT2D eigenvalue weighted by Gasteiger charge is 1.51. The Morgan fingerprint density at radius 2 is 2.40 bits per heavy atom. The second kappa shape index (κ2) is 3.67. The van der Waals surface area contributed by atoms with Gasteiger partial charge in [-0.3, -0.25) is 4.99 Å². The van der Waals surface area contributed by atoms with E-state index in [9.17, 15) is 0 Å². The van der Waals surface area contributed by atoms with Crippen LogP contribution >= 0.6 is 0 Å². The van der Waals surface area contributed by atoms with E-state index in [1.165, 1.54) is 0 Å². The molecule has 0 saturated heterocycles. The molecule has 0 N–H and O–H groups in total. The van der Waals surface area contributed by atoms with E-state index >= 15 is 0 Å². The SMILES string of the molecule is CC=NCC. The highest BCUT2D eigenvalue weighted by atomic mass is 14.7. The summed E-state index contributed by atoms with van der Waals surface area (Å²) in [4.78, 5) is 3.85. The molecule has 0 aliphatic rings. The van der Waals surface area contributed by atoms with Crippen LogP contribution in [0.3, 0.4) is 0 Å². The predicted molar refractivity (Wildman–Crippen MR) is 24.7 cm³/mol. The van der Waals surface area contributed by atoms with Gasteiger partial charge < -0.3 is 0 Å². The second-order valence-electron chi connectivity index (χ2n) is 0.757. The van der Waals surface area contributed by atoms with Crippen LogP contribution in [-0.4, -0.2) is 12.8 Å². The fourth-order valence-electron chi connectivity index (χ4n) is 0.183. The first-order chi connectivity index (χ1) is 2.41. The van der Waals surface area contributed by atoms with Gasteiger partial charge in [-0.05, 0) is 20.1 Å². The van der Waals surface area contributed by atoms with Crippen LogP contribution in [0.25, 0.3) is 0 Å². The average molecular weight is 71.1 g/mol. The summed E-state index contributed by atoms with van der Waals surface area (Å²) >= 11 is 0. The third kappa shape index (κ3) is 3.67. The lowest BCUT2D eigenvalue weighted by Crippen LogP contribution is -1.62. The molecule has 0 bridgehead atoms. The summed E-state index contributed by atoms with van der Waals surface area (Å²) in [6.07, 6.45) is 1.81. The molecule has 30 valence electrons. The summed E-state index contributed by atoms with van der Waals surface area (Å²) in [6.45, 7) is 4.85. The molecular formula is C4H9N. The van der Waals surface area contributed by atoms with Crippen LogP contribution in [0.5, 0.6) is 0 Å². The van der Waals surface area contributed by atoms with Gasteiger partial charge in [0.25, 0.3) is 0 Å². The van der Waals surface area contributed by atoms with Crippen molar-refractivity contribution in [2.75, 3.05) is 6.54 Å². The highest BCUT2D eigenvalue weighted by molar-refractivity contribution is 5.52. The van der Waals surface area contributed by atoms with Gasteiger partial charge in [-0.25, -0.2) is 0 Å². The summed E-state index contributed by atoms with van der Waals surface area (Å²) < 4.78 is 0. The molecule has 0 aromatic rings. The van der Waals surface area contributed by atoms with Crippen LogP contribution < -0.4 is 0 Å². The van der Waals surface area contributed by atoms with Crippen molar-refractivity contribution in [3.05, 3.63) is 0 Å². The van der Waals surface area contributed by atoms with E-state index in [2.05, 4.69) is 4.99 Å². The van der Waals surface area contributed by atoms with Crippen molar-refractivity contribution in [2.45, 2.75) is 13.8 Å². The maximum atomic E-state index is 3.85. The number of hydrogen-bond donors (Lipinski definition) is 0. The molecular weight excluding hydrogens is 62.1 g/mol. The first-order valence-electron chi connectivity index (χ1n) is 1.86. The van der Waals surface area contributed by atoms with Crippen molar-refractivity contribution in [3.63, 3.8) is 0 Å². The second-order valence-corrected chi connectivity index (χ2v) is 0.757. The monoisotopic (exact) mass is 71.1 g/mol. The lowest BCUT2D eigenvalue weighted by molar-refractivity contribution is 1.14. The Labute approximate surface area is 32.7 Å². The molecule has 0 aliphatic heterocycles. The van der Waals surface area contributed by atoms with Crippen LogP contribution in [-0.2, 0) is 0 Å². The molecule has 0 rings (SSSR count). The summed E-state index contributed by atoms with van der Waals surface area (Å²) in [5, 5.41) is 0. The third-order valence-electron chi connectivity index (χ3n) is 0.365. The number of hydrogen-bond acceptors (Lipinski definition) is 1. The third-order valence-corrected chi connectivity index (χ3v) is 0.365. The van der Waals surface area contributed by atoms with Crippen LogP contribution in [0, 0.1) is 0 Å². The van der Waals surface area contributed by atoms with Crippen molar-refractivity contribution >= 4 is 6.21 Å². The average Bonchev–Trinajstić information content (AvgIpc) is 1.41. The number of aliphatic imine (C=N–C) groups is 1. The van der Waals surface area contributed by atoms with Gasteiger partial charge >= 0.3 is 0 Å². The number of rotatable bonds is 1. The first-order valence-corrected chi connectivity index (χ1v) is 1.86. The van der Waals surface area contributed by atoms with Gasteiger partial charge in [0.15, 0.2) is 0 Å². The summed E-state index contributed by atoms with van der Waals surface area (Å²) in [6, 6.07) is 0. The quantitative estimate of drug-likeness (QED) is 0.410. The summed E-state index contributed by atoms with van der Waals surface area (Å²) in [7, 11) is 0. The van der Waals surface area contributed by atoms with E-state index in [1.54, 1.807) is 6.21 Å². The van der Waals surface area contributed by atoms with Crippen LogP contribution in [0.15, 0.2) is 4.99 Å². The maximum Gasteiger partial charge on any atom is 0.0356 e. The molecule has 0 amide bonds. The van der Waals surface area contributed by atoms with Crippen molar-refractivity contribution in [1.29, 1.82) is 0 Å². The van der Waals surface area contributed by atoms with E-state index in [1.807, 2.05) is 13.8 Å². The van der Waals surface area contributed by atoms with Gasteiger partial charge in [-0.1, -0.05) is 0 Å². The molecule has 0 fully saturated rings. The van der Waals surface area contributed by atoms with Crippen LogP contribution in [0.4, 0.5) is 0 Å². The van der Waals surface area contributed by atoms with Crippen molar-refractivity contribution in [1.82, 2.24) is 0 Å². The van der Waals surface area contributed by atoms with Gasteiger partial charge in [0.05, 0.1) is 0 Å². The molecule has 0 saturated carbocycles. The molecule has 0 aromatic heterocycles. The Morgan fingerprint density at radius 1 is 1.80 bits per heavy atom. The van der Waals surface area contributed by atoms with Gasteiger partial charge in [0, 0.05) is 6.54 Å². The molecule has 1 nitrogen and oxygen atoms in total. The Kier molecular flexibility index (Phi) is 3.43. The molecule has 0 heterocycles. The minimum Gasteiger partial charge on any atom is -0.298 e. The Morgan fingerprint density at radius 3 is 2.40 bits per heavy atom. The zero-order valence-electron chi connectivity index (χ0n) is 3.73. The molecule has 0 atom stereocenters. The van der Waals surface area contributed by atoms with E-state index < -0.39 is 0 Å². The fraction of sp³-hybridized carbons (Fsp3) is 0.750. The minimum absolute atomic E-state index is 0.913. The van der Waals surface area contributed by atoms with Crippen LogP contribution in [0.2, 0.25) is 0 Å². The molecule has 0 spiro atoms. The maximum absolute atomic E-state index is 3.85. The first kappa shape index (κ1) is 4.67. The van der Waals surface area contributed by atoms with E-state index in [0.717, 1.165) is 6.54 Å². The minimum atomic E-state index is 0.913. The van der Waals surface area contributed by atoms with Gasteiger partial charge in [-0.15, -0.1) is 0 Å². The van der Waals surface area contributed by atoms with Crippen molar-refractivity contribution < 1.29 is 0 Å².